The van der Waals surface area contributed by atoms with Crippen molar-refractivity contribution in [2.45, 2.75) is 45.1 Å². The molecular formula is C17H26N4O2S2. The number of aromatic nitrogens is 2. The number of allylic oxidation sites excluding steroid dienone is 1. The number of nitrogens with zero attached hydrogens (tertiary/aromatic N) is 2. The molecule has 0 radical (unpaired) electrons. The first-order valence-corrected chi connectivity index (χ1v) is 11.6. The smallest absolute Gasteiger partial charge is 0.211 e. The summed E-state index contributed by atoms with van der Waals surface area (Å²) in [4.78, 5) is 1.23. The van der Waals surface area contributed by atoms with E-state index in [0.29, 0.717) is 18.5 Å². The number of thioether (sulfide) groups is 1. The Labute approximate surface area is 154 Å². The molecule has 0 aromatic carbocycles. The van der Waals surface area contributed by atoms with Crippen LogP contribution in [0.2, 0.25) is 0 Å². The molecule has 6 nitrogen and oxygen atoms in total. The summed E-state index contributed by atoms with van der Waals surface area (Å²) >= 11 is 1.83. The van der Waals surface area contributed by atoms with E-state index in [-0.39, 0.29) is 5.75 Å². The zero-order chi connectivity index (χ0) is 17.7. The Hall–Kier alpha value is -1.12. The molecule has 1 aromatic heterocycles. The molecular weight excluding hydrogens is 356 g/mol. The minimum Gasteiger partial charge on any atom is -0.366 e. The SMILES string of the molecule is CCS(=O)(=O)NCC1CCC(Nc2ccc(C3=CCCS3)nn2)CC1. The van der Waals surface area contributed by atoms with Crippen LogP contribution in [-0.4, -0.2) is 42.7 Å². The molecule has 1 fully saturated rings. The molecule has 0 spiro atoms. The van der Waals surface area contributed by atoms with Crippen LogP contribution in [0.3, 0.4) is 0 Å². The second-order valence-electron chi connectivity index (χ2n) is 6.62. The summed E-state index contributed by atoms with van der Waals surface area (Å²) in [5, 5.41) is 12.1. The normalized spacial score (nSPS) is 24.1. The molecule has 0 bridgehead atoms. The van der Waals surface area contributed by atoms with Crippen molar-refractivity contribution in [1.29, 1.82) is 0 Å². The van der Waals surface area contributed by atoms with E-state index in [1.807, 2.05) is 23.9 Å². The summed E-state index contributed by atoms with van der Waals surface area (Å²) in [6.45, 7) is 2.22. The number of anilines is 1. The van der Waals surface area contributed by atoms with Gasteiger partial charge < -0.3 is 5.32 Å². The Morgan fingerprint density at radius 3 is 2.60 bits per heavy atom. The number of nitrogens with one attached hydrogen (secondary N) is 2. The average molecular weight is 383 g/mol. The van der Waals surface area contributed by atoms with Crippen molar-refractivity contribution in [1.82, 2.24) is 14.9 Å². The van der Waals surface area contributed by atoms with Crippen LogP contribution in [0.4, 0.5) is 5.82 Å². The second-order valence-corrected chi connectivity index (χ2v) is 9.86. The predicted octanol–water partition coefficient (Wildman–Crippen LogP) is 2.86. The molecule has 3 rings (SSSR count). The third-order valence-corrected chi connectivity index (χ3v) is 7.29. The quantitative estimate of drug-likeness (QED) is 0.754. The fraction of sp³-hybridized carbons (Fsp3) is 0.647. The van der Waals surface area contributed by atoms with Gasteiger partial charge in [0.2, 0.25) is 10.0 Å². The van der Waals surface area contributed by atoms with Gasteiger partial charge in [-0.25, -0.2) is 13.1 Å². The van der Waals surface area contributed by atoms with Crippen LogP contribution in [0.1, 0.15) is 44.7 Å². The van der Waals surface area contributed by atoms with Crippen molar-refractivity contribution < 1.29 is 8.42 Å². The average Bonchev–Trinajstić information content (AvgIpc) is 3.17. The summed E-state index contributed by atoms with van der Waals surface area (Å²) in [6.07, 6.45) is 7.44. The molecule has 25 heavy (non-hydrogen) atoms. The van der Waals surface area contributed by atoms with Crippen LogP contribution >= 0.6 is 11.8 Å². The minimum absolute atomic E-state index is 0.147. The molecule has 1 saturated carbocycles. The third-order valence-electron chi connectivity index (χ3n) is 4.79. The van der Waals surface area contributed by atoms with Gasteiger partial charge in [-0.05, 0) is 57.1 Å². The van der Waals surface area contributed by atoms with Crippen LogP contribution in [0, 0.1) is 5.92 Å². The number of hydrogen-bond donors (Lipinski definition) is 2. The van der Waals surface area contributed by atoms with E-state index in [1.54, 1.807) is 6.92 Å². The first-order chi connectivity index (χ1) is 12.1. The van der Waals surface area contributed by atoms with Gasteiger partial charge in [0.15, 0.2) is 0 Å². The highest BCUT2D eigenvalue weighted by Gasteiger charge is 2.22. The molecule has 8 heteroatoms. The van der Waals surface area contributed by atoms with E-state index in [1.165, 1.54) is 4.91 Å². The van der Waals surface area contributed by atoms with Gasteiger partial charge in [-0.2, -0.15) is 0 Å². The molecule has 2 aliphatic rings. The van der Waals surface area contributed by atoms with Gasteiger partial charge in [0.05, 0.1) is 11.4 Å². The van der Waals surface area contributed by atoms with E-state index in [0.717, 1.165) is 49.4 Å². The lowest BCUT2D eigenvalue weighted by atomic mass is 9.86. The van der Waals surface area contributed by atoms with Crippen molar-refractivity contribution in [3.63, 3.8) is 0 Å². The zero-order valence-corrected chi connectivity index (χ0v) is 16.2. The highest BCUT2D eigenvalue weighted by atomic mass is 32.2. The molecule has 1 aliphatic carbocycles. The van der Waals surface area contributed by atoms with Gasteiger partial charge in [0.1, 0.15) is 5.82 Å². The molecule has 0 saturated heterocycles. The summed E-state index contributed by atoms with van der Waals surface area (Å²) in [6, 6.07) is 4.42. The van der Waals surface area contributed by atoms with Crippen molar-refractivity contribution in [2.75, 3.05) is 23.4 Å². The largest absolute Gasteiger partial charge is 0.366 e. The summed E-state index contributed by atoms with van der Waals surface area (Å²) in [7, 11) is -3.08. The van der Waals surface area contributed by atoms with Crippen LogP contribution < -0.4 is 10.0 Å². The molecule has 138 valence electrons. The molecule has 2 heterocycles. The summed E-state index contributed by atoms with van der Waals surface area (Å²) < 4.78 is 25.8. The predicted molar refractivity (Wildman–Crippen MR) is 104 cm³/mol. The zero-order valence-electron chi connectivity index (χ0n) is 14.6. The maximum atomic E-state index is 11.5. The fourth-order valence-corrected chi connectivity index (χ4v) is 4.85. The fourth-order valence-electron chi connectivity index (χ4n) is 3.20. The van der Waals surface area contributed by atoms with E-state index in [9.17, 15) is 8.42 Å². The molecule has 2 N–H and O–H groups in total. The van der Waals surface area contributed by atoms with E-state index in [2.05, 4.69) is 26.3 Å². The maximum Gasteiger partial charge on any atom is 0.211 e. The lowest BCUT2D eigenvalue weighted by molar-refractivity contribution is 0.337. The molecule has 0 amide bonds. The molecule has 1 aromatic rings. The van der Waals surface area contributed by atoms with E-state index >= 15 is 0 Å². The Morgan fingerprint density at radius 2 is 2.00 bits per heavy atom. The van der Waals surface area contributed by atoms with Gasteiger partial charge in [0, 0.05) is 23.2 Å². The molecule has 0 atom stereocenters. The highest BCUT2D eigenvalue weighted by molar-refractivity contribution is 8.08. The Kier molecular flexibility index (Phi) is 6.35. The number of sulfonamides is 1. The topological polar surface area (TPSA) is 84.0 Å². The van der Waals surface area contributed by atoms with Crippen LogP contribution in [-0.2, 0) is 10.0 Å². The van der Waals surface area contributed by atoms with Gasteiger partial charge in [-0.3, -0.25) is 0 Å². The van der Waals surface area contributed by atoms with E-state index in [4.69, 9.17) is 0 Å². The van der Waals surface area contributed by atoms with Crippen molar-refractivity contribution in [3.8, 4) is 0 Å². The Bertz CT molecular complexity index is 696. The molecule has 1 aliphatic heterocycles. The first kappa shape index (κ1) is 18.7. The standard InChI is InChI=1S/C17H26N4O2S2/c1-2-25(22,23)18-12-13-5-7-14(8-6-13)19-17-10-9-15(20-21-17)16-4-3-11-24-16/h4,9-10,13-14,18H,2-3,5-8,11-12H2,1H3,(H,19,21). The lowest BCUT2D eigenvalue weighted by Gasteiger charge is -2.29. The third kappa shape index (κ3) is 5.43. The summed E-state index contributed by atoms with van der Waals surface area (Å²) in [5.41, 5.74) is 0.958. The summed E-state index contributed by atoms with van der Waals surface area (Å²) in [5.74, 6) is 2.53. The van der Waals surface area contributed by atoms with Crippen molar-refractivity contribution >= 4 is 32.5 Å². The van der Waals surface area contributed by atoms with Crippen LogP contribution in [0.5, 0.6) is 0 Å². The van der Waals surface area contributed by atoms with Gasteiger partial charge >= 0.3 is 0 Å². The number of hydrogen-bond acceptors (Lipinski definition) is 6. The maximum absolute atomic E-state index is 11.5. The minimum atomic E-state index is -3.08. The highest BCUT2D eigenvalue weighted by Crippen LogP contribution is 2.32. The first-order valence-electron chi connectivity index (χ1n) is 8.96. The second kappa shape index (κ2) is 8.51. The Morgan fingerprint density at radius 1 is 1.20 bits per heavy atom. The van der Waals surface area contributed by atoms with Gasteiger partial charge in [-0.1, -0.05) is 6.08 Å². The van der Waals surface area contributed by atoms with E-state index < -0.39 is 10.0 Å². The Balaban J connectivity index is 1.44. The monoisotopic (exact) mass is 382 g/mol. The lowest BCUT2D eigenvalue weighted by Crippen LogP contribution is -2.34. The van der Waals surface area contributed by atoms with Gasteiger partial charge in [-0.15, -0.1) is 22.0 Å². The van der Waals surface area contributed by atoms with Crippen LogP contribution in [0.25, 0.3) is 4.91 Å². The number of rotatable bonds is 7. The van der Waals surface area contributed by atoms with Gasteiger partial charge in [0.25, 0.3) is 0 Å². The van der Waals surface area contributed by atoms with Crippen molar-refractivity contribution in [3.05, 3.63) is 23.9 Å². The van der Waals surface area contributed by atoms with Crippen molar-refractivity contribution in [2.24, 2.45) is 5.92 Å². The molecule has 0 unspecified atom stereocenters. The van der Waals surface area contributed by atoms with Crippen LogP contribution in [0.15, 0.2) is 18.2 Å².